The predicted molar refractivity (Wildman–Crippen MR) is 197 cm³/mol. The highest BCUT2D eigenvalue weighted by Crippen LogP contribution is 2.45. The van der Waals surface area contributed by atoms with E-state index in [1.54, 1.807) is 108 Å². The van der Waals surface area contributed by atoms with Gasteiger partial charge in [-0.2, -0.15) is 22.3 Å². The van der Waals surface area contributed by atoms with E-state index in [1.165, 1.54) is 32.2 Å². The topological polar surface area (TPSA) is 126 Å². The maximum absolute atomic E-state index is 15.2. The number of benzene rings is 4. The second-order valence-corrected chi connectivity index (χ2v) is 14.3. The highest BCUT2D eigenvalue weighted by atomic mass is 32.2. The summed E-state index contributed by atoms with van der Waals surface area (Å²) in [6.45, 7) is -0.467. The van der Waals surface area contributed by atoms with Crippen molar-refractivity contribution in [3.8, 4) is 39.8 Å². The zero-order valence-corrected chi connectivity index (χ0v) is 30.6. The molecule has 282 valence electrons. The summed E-state index contributed by atoms with van der Waals surface area (Å²) in [7, 11) is -0.511. The monoisotopic (exact) mass is 769 g/mol. The molecule has 0 atom stereocenters. The number of nitrogens with zero attached hydrogens (tertiary/aromatic N) is 7. The van der Waals surface area contributed by atoms with Crippen LogP contribution in [-0.2, 0) is 35.8 Å². The molecule has 0 bridgehead atoms. The first-order valence-electron chi connectivity index (χ1n) is 16.8. The van der Waals surface area contributed by atoms with Crippen LogP contribution in [-0.4, -0.2) is 63.6 Å². The van der Waals surface area contributed by atoms with E-state index in [-0.39, 0.29) is 36.6 Å². The minimum Gasteiger partial charge on any atom is -0.497 e. The molecule has 55 heavy (non-hydrogen) atoms. The van der Waals surface area contributed by atoms with Crippen LogP contribution in [0.4, 0.5) is 13.2 Å². The Morgan fingerprint density at radius 2 is 1.29 bits per heavy atom. The summed E-state index contributed by atoms with van der Waals surface area (Å²) < 4.78 is 94.6. The molecule has 4 aromatic carbocycles. The number of hydrogen-bond acceptors (Lipinski definition) is 9. The summed E-state index contributed by atoms with van der Waals surface area (Å²) in [5.41, 5.74) is 1.16. The minimum absolute atomic E-state index is 0.0927. The molecule has 0 radical (unpaired) electrons. The summed E-state index contributed by atoms with van der Waals surface area (Å²) in [6.07, 6.45) is -0.200. The molecular formula is C39H34F3N7O5S. The Balaban J connectivity index is 1.44. The molecule has 0 amide bonds. The Morgan fingerprint density at radius 1 is 0.727 bits per heavy atom. The van der Waals surface area contributed by atoms with Gasteiger partial charge in [-0.15, -0.1) is 10.2 Å². The van der Waals surface area contributed by atoms with Gasteiger partial charge in [-0.1, -0.05) is 42.5 Å². The van der Waals surface area contributed by atoms with Crippen LogP contribution in [0.2, 0.25) is 0 Å². The molecule has 16 heteroatoms. The van der Waals surface area contributed by atoms with Crippen LogP contribution in [0.15, 0.2) is 121 Å². The van der Waals surface area contributed by atoms with E-state index in [1.807, 2.05) is 0 Å². The number of alkyl halides is 3. The summed E-state index contributed by atoms with van der Waals surface area (Å²) >= 11 is 0. The summed E-state index contributed by atoms with van der Waals surface area (Å²) in [5, 5.41) is 12.8. The maximum atomic E-state index is 15.2. The molecule has 3 heterocycles. The van der Waals surface area contributed by atoms with Gasteiger partial charge in [0.1, 0.15) is 27.8 Å². The Bertz CT molecular complexity index is 2490. The molecule has 0 saturated carbocycles. The molecule has 7 rings (SSSR count). The van der Waals surface area contributed by atoms with Crippen LogP contribution >= 0.6 is 0 Å². The van der Waals surface area contributed by atoms with Crippen molar-refractivity contribution >= 4 is 15.7 Å². The lowest BCUT2D eigenvalue weighted by Crippen LogP contribution is -2.32. The minimum atomic E-state index is -5.10. The lowest BCUT2D eigenvalue weighted by molar-refractivity contribution is -0.139. The molecule has 7 aromatic rings. The highest BCUT2D eigenvalue weighted by molar-refractivity contribution is 7.89. The number of halogens is 3. The number of sulfonamides is 1. The van der Waals surface area contributed by atoms with Crippen molar-refractivity contribution in [2.45, 2.75) is 30.7 Å². The Morgan fingerprint density at radius 3 is 1.84 bits per heavy atom. The number of hydrogen-bond donors (Lipinski definition) is 0. The normalized spacial score (nSPS) is 12.0. The summed E-state index contributed by atoms with van der Waals surface area (Å²) in [4.78, 5) is 4.46. The lowest BCUT2D eigenvalue weighted by atomic mass is 9.97. The molecule has 3 aromatic heterocycles. The summed E-state index contributed by atoms with van der Waals surface area (Å²) in [5.74, 6) is 1.37. The fraction of sp³-hybridized carbons (Fsp3) is 0.179. The van der Waals surface area contributed by atoms with Gasteiger partial charge in [0.2, 0.25) is 15.8 Å². The van der Waals surface area contributed by atoms with E-state index in [0.29, 0.717) is 39.6 Å². The average molecular weight is 770 g/mol. The first-order chi connectivity index (χ1) is 26.5. The number of methoxy groups -OCH3 is 3. The SMILES string of the molecule is COc1ccc(CN(Cc2ccc(OC)cc2)S(=O)(=O)c2c(C(F)(F)F)ccc(-c3ccc4nccn4c3)c2-c2nnn(Cc3ccc(OC)cc3)n2)cc1. The van der Waals surface area contributed by atoms with Crippen LogP contribution in [0.25, 0.3) is 28.2 Å². The molecule has 0 saturated heterocycles. The standard InChI is InChI=1S/C39H34F3N7O5S/c1-52-30-11-4-26(5-12-30)22-48(23-27-6-13-31(53-2)14-7-27)55(50,51)37-34(39(40,41)42)18-17-33(29-10-19-35-43-20-21-47(35)25-29)36(37)38-44-46-49(45-38)24-28-8-15-32(54-3)16-9-28/h4-21,25H,22-24H2,1-3H3. The Labute approximate surface area is 314 Å². The van der Waals surface area contributed by atoms with E-state index in [2.05, 4.69) is 20.4 Å². The molecule has 0 spiro atoms. The highest BCUT2D eigenvalue weighted by Gasteiger charge is 2.43. The molecule has 0 fully saturated rings. The van der Waals surface area contributed by atoms with Crippen molar-refractivity contribution in [1.29, 1.82) is 0 Å². The number of pyridine rings is 1. The molecule has 0 aliphatic heterocycles. The van der Waals surface area contributed by atoms with Crippen LogP contribution in [0.5, 0.6) is 17.2 Å². The van der Waals surface area contributed by atoms with Crippen molar-refractivity contribution in [3.63, 3.8) is 0 Å². The van der Waals surface area contributed by atoms with Crippen LogP contribution in [0.3, 0.4) is 0 Å². The molecule has 12 nitrogen and oxygen atoms in total. The third-order valence-corrected chi connectivity index (χ3v) is 10.8. The molecule has 0 unspecified atom stereocenters. The van der Waals surface area contributed by atoms with Gasteiger partial charge in [0.05, 0.1) is 39.0 Å². The van der Waals surface area contributed by atoms with Gasteiger partial charge in [0, 0.05) is 31.7 Å². The molecule has 0 N–H and O–H groups in total. The quantitative estimate of drug-likeness (QED) is 0.120. The third kappa shape index (κ3) is 7.86. The first-order valence-corrected chi connectivity index (χ1v) is 18.3. The number of rotatable bonds is 13. The largest absolute Gasteiger partial charge is 0.497 e. The van der Waals surface area contributed by atoms with Crippen molar-refractivity contribution < 1.29 is 35.8 Å². The smallest absolute Gasteiger partial charge is 0.417 e. The lowest BCUT2D eigenvalue weighted by Gasteiger charge is -2.27. The second-order valence-electron chi connectivity index (χ2n) is 12.4. The van der Waals surface area contributed by atoms with Crippen molar-refractivity contribution in [3.05, 3.63) is 138 Å². The van der Waals surface area contributed by atoms with Gasteiger partial charge in [-0.05, 0) is 87.6 Å². The van der Waals surface area contributed by atoms with Gasteiger partial charge >= 0.3 is 6.18 Å². The third-order valence-electron chi connectivity index (χ3n) is 8.96. The van der Waals surface area contributed by atoms with E-state index in [0.717, 1.165) is 15.9 Å². The van der Waals surface area contributed by atoms with Gasteiger partial charge in [-0.25, -0.2) is 13.4 Å². The van der Waals surface area contributed by atoms with E-state index in [4.69, 9.17) is 14.2 Å². The van der Waals surface area contributed by atoms with E-state index in [9.17, 15) is 0 Å². The van der Waals surface area contributed by atoms with Gasteiger partial charge in [0.15, 0.2) is 0 Å². The first kappa shape index (κ1) is 37.1. The zero-order chi connectivity index (χ0) is 38.7. The van der Waals surface area contributed by atoms with E-state index >= 15 is 21.6 Å². The van der Waals surface area contributed by atoms with Gasteiger partial charge < -0.3 is 18.6 Å². The van der Waals surface area contributed by atoms with Crippen LogP contribution in [0.1, 0.15) is 22.3 Å². The number of fused-ring (bicyclic) bond motifs is 1. The van der Waals surface area contributed by atoms with Gasteiger partial charge in [-0.3, -0.25) is 0 Å². The molecular weight excluding hydrogens is 736 g/mol. The number of aromatic nitrogens is 6. The van der Waals surface area contributed by atoms with Crippen molar-refractivity contribution in [1.82, 2.24) is 33.9 Å². The molecule has 0 aliphatic rings. The van der Waals surface area contributed by atoms with Gasteiger partial charge in [0.25, 0.3) is 0 Å². The fourth-order valence-electron chi connectivity index (χ4n) is 6.14. The maximum Gasteiger partial charge on any atom is 0.417 e. The predicted octanol–water partition coefficient (Wildman–Crippen LogP) is 7.14. The number of imidazole rings is 1. The van der Waals surface area contributed by atoms with Crippen molar-refractivity contribution in [2.24, 2.45) is 0 Å². The number of ether oxygens (including phenoxy) is 3. The number of tetrazole rings is 1. The zero-order valence-electron chi connectivity index (χ0n) is 29.8. The Hall–Kier alpha value is -6.26. The molecule has 0 aliphatic carbocycles. The summed E-state index contributed by atoms with van der Waals surface area (Å²) in [6, 6.07) is 25.6. The fourth-order valence-corrected chi connectivity index (χ4v) is 7.96. The van der Waals surface area contributed by atoms with E-state index < -0.39 is 26.7 Å². The van der Waals surface area contributed by atoms with Crippen molar-refractivity contribution in [2.75, 3.05) is 21.3 Å². The van der Waals surface area contributed by atoms with Crippen LogP contribution < -0.4 is 14.2 Å². The average Bonchev–Trinajstić information content (AvgIpc) is 3.87. The van der Waals surface area contributed by atoms with Crippen LogP contribution in [0, 0.1) is 0 Å². The second kappa shape index (κ2) is 15.2. The Kier molecular flexibility index (Phi) is 10.3.